The summed E-state index contributed by atoms with van der Waals surface area (Å²) in [6.45, 7) is 1.11. The van der Waals surface area contributed by atoms with Crippen LogP contribution in [0.15, 0.2) is 35.0 Å². The fourth-order valence-electron chi connectivity index (χ4n) is 4.14. The van der Waals surface area contributed by atoms with E-state index in [1.54, 1.807) is 18.2 Å². The Bertz CT molecular complexity index is 1080. The highest BCUT2D eigenvalue weighted by molar-refractivity contribution is 6.31. The molecule has 4 N–H and O–H groups in total. The fraction of sp³-hybridized carbons (Fsp3) is 0.476. The summed E-state index contributed by atoms with van der Waals surface area (Å²) >= 11 is 5.95. The fourth-order valence-corrected chi connectivity index (χ4v) is 4.31. The Kier molecular flexibility index (Phi) is 6.19. The van der Waals surface area contributed by atoms with Gasteiger partial charge in [-0.25, -0.2) is 18.6 Å². The van der Waals surface area contributed by atoms with E-state index in [0.717, 1.165) is 0 Å². The molecule has 0 spiro atoms. The van der Waals surface area contributed by atoms with Crippen LogP contribution in [0.4, 0.5) is 19.5 Å². The number of H-pyrrole nitrogens is 1. The number of nitrogens with zero attached hydrogens (tertiary/aromatic N) is 3. The number of imidazole rings is 1. The lowest BCUT2D eigenvalue weighted by Gasteiger charge is -2.39. The van der Waals surface area contributed by atoms with Gasteiger partial charge in [0.2, 0.25) is 5.95 Å². The quantitative estimate of drug-likeness (QED) is 0.552. The number of aliphatic hydroxyl groups excluding tert-OH is 2. The minimum absolute atomic E-state index is 0.0738. The molecule has 0 saturated carbocycles. The van der Waals surface area contributed by atoms with Crippen LogP contribution < -0.4 is 5.32 Å². The predicted octanol–water partition coefficient (Wildman–Crippen LogP) is 3.22. The molecule has 0 radical (unpaired) electrons. The van der Waals surface area contributed by atoms with Gasteiger partial charge >= 0.3 is 6.03 Å². The summed E-state index contributed by atoms with van der Waals surface area (Å²) in [5.41, 5.74) is -0.675. The Labute approximate surface area is 188 Å². The lowest BCUT2D eigenvalue weighted by molar-refractivity contribution is 0.102. The van der Waals surface area contributed by atoms with Crippen molar-refractivity contribution in [3.05, 3.63) is 35.0 Å². The first kappa shape index (κ1) is 22.6. The largest absolute Gasteiger partial charge is 0.393 e. The van der Waals surface area contributed by atoms with Gasteiger partial charge in [0.15, 0.2) is 5.67 Å². The maximum Gasteiger partial charge on any atom is 0.324 e. The summed E-state index contributed by atoms with van der Waals surface area (Å²) in [7, 11) is 0. The van der Waals surface area contributed by atoms with E-state index in [1.165, 1.54) is 18.0 Å². The van der Waals surface area contributed by atoms with Crippen molar-refractivity contribution < 1.29 is 23.8 Å². The third-order valence-electron chi connectivity index (χ3n) is 6.11. The molecule has 0 bridgehead atoms. The summed E-state index contributed by atoms with van der Waals surface area (Å²) in [6.07, 6.45) is -1.92. The number of hydrogen-bond donors (Lipinski definition) is 4. The molecular formula is C21H24ClF2N5O3. The summed E-state index contributed by atoms with van der Waals surface area (Å²) in [4.78, 5) is 25.2. The third-order valence-corrected chi connectivity index (χ3v) is 6.34. The van der Waals surface area contributed by atoms with Crippen LogP contribution in [0.25, 0.3) is 11.0 Å². The Balaban J connectivity index is 1.42. The van der Waals surface area contributed by atoms with Gasteiger partial charge in [0.25, 0.3) is 0 Å². The van der Waals surface area contributed by atoms with E-state index < -0.39 is 36.5 Å². The zero-order chi connectivity index (χ0) is 23.0. The molecule has 2 aliphatic heterocycles. The van der Waals surface area contributed by atoms with Crippen molar-refractivity contribution in [2.45, 2.75) is 37.7 Å². The molecule has 1 saturated heterocycles. The van der Waals surface area contributed by atoms with Crippen LogP contribution in [0, 0.1) is 5.92 Å². The predicted molar refractivity (Wildman–Crippen MR) is 117 cm³/mol. The van der Waals surface area contributed by atoms with E-state index in [4.69, 9.17) is 16.7 Å². The van der Waals surface area contributed by atoms with Crippen LogP contribution in [0.2, 0.25) is 5.02 Å². The van der Waals surface area contributed by atoms with Gasteiger partial charge in [0.05, 0.1) is 23.4 Å². The molecule has 1 aromatic carbocycles. The number of urea groups is 1. The number of aliphatic imine (C=N–C) groups is 1. The number of piperidine rings is 1. The molecule has 4 rings (SSSR count). The first-order valence-electron chi connectivity index (χ1n) is 10.3. The number of amides is 2. The Morgan fingerprint density at radius 2 is 2.16 bits per heavy atom. The molecule has 1 fully saturated rings. The van der Waals surface area contributed by atoms with Crippen LogP contribution in [0.3, 0.4) is 0 Å². The number of fused-ring (bicyclic) bond motifs is 1. The molecule has 2 aromatic rings. The van der Waals surface area contributed by atoms with Crippen molar-refractivity contribution in [3.63, 3.8) is 0 Å². The van der Waals surface area contributed by atoms with Crippen molar-refractivity contribution in [1.29, 1.82) is 0 Å². The Morgan fingerprint density at radius 1 is 1.44 bits per heavy atom. The van der Waals surface area contributed by atoms with E-state index in [9.17, 15) is 14.3 Å². The average molecular weight is 468 g/mol. The molecule has 2 amide bonds. The highest BCUT2D eigenvalue weighted by Crippen LogP contribution is 2.36. The highest BCUT2D eigenvalue weighted by atomic mass is 35.5. The molecular weight excluding hydrogens is 444 g/mol. The first-order valence-corrected chi connectivity index (χ1v) is 10.7. The number of nitrogens with one attached hydrogen (secondary N) is 2. The summed E-state index contributed by atoms with van der Waals surface area (Å²) in [6, 6.07) is 4.66. The number of aromatic nitrogens is 2. The lowest BCUT2D eigenvalue weighted by Crippen LogP contribution is -2.53. The standard InChI is InChI=1S/C21H24ClF2N5O3/c1-11-13(16(31)10-30)9-25-18(17(11)23)21(24)4-6-29(7-5-21)20(32)28-19-26-14-3-2-12(22)8-15(14)27-19/h2-3,8-9,11,16-17,30-31H,4-7,10H2,1H3,(H2,26,27,28,32)/t11?,16-,17?/m1/s1. The van der Waals surface area contributed by atoms with Crippen LogP contribution in [0.5, 0.6) is 0 Å². The molecule has 0 aliphatic carbocycles. The van der Waals surface area contributed by atoms with E-state index >= 15 is 4.39 Å². The van der Waals surface area contributed by atoms with Crippen LogP contribution in [-0.2, 0) is 0 Å². The SMILES string of the molecule is CC1C([C@H](O)CO)=CN=C(C2(F)CCN(C(=O)Nc3nc4ccc(Cl)cc4[nH]3)CC2)C1F. The first-order chi connectivity index (χ1) is 15.2. The minimum atomic E-state index is -1.99. The zero-order valence-corrected chi connectivity index (χ0v) is 18.1. The molecule has 3 atom stereocenters. The van der Waals surface area contributed by atoms with Crippen molar-refractivity contribution in [1.82, 2.24) is 14.9 Å². The Morgan fingerprint density at radius 3 is 2.84 bits per heavy atom. The number of benzene rings is 1. The zero-order valence-electron chi connectivity index (χ0n) is 17.4. The van der Waals surface area contributed by atoms with Crippen molar-refractivity contribution in [3.8, 4) is 0 Å². The van der Waals surface area contributed by atoms with Gasteiger partial charge in [-0.3, -0.25) is 10.3 Å². The maximum absolute atomic E-state index is 15.6. The molecule has 8 nitrogen and oxygen atoms in total. The van der Waals surface area contributed by atoms with Gasteiger partial charge in [-0.05, 0) is 23.8 Å². The van der Waals surface area contributed by atoms with E-state index in [1.807, 2.05) is 0 Å². The molecule has 1 aromatic heterocycles. The smallest absolute Gasteiger partial charge is 0.324 e. The summed E-state index contributed by atoms with van der Waals surface area (Å²) in [5.74, 6) is -0.557. The molecule has 32 heavy (non-hydrogen) atoms. The van der Waals surface area contributed by atoms with Crippen molar-refractivity contribution >= 4 is 40.3 Å². The Hall–Kier alpha value is -2.56. The molecule has 172 valence electrons. The van der Waals surface area contributed by atoms with Crippen molar-refractivity contribution in [2.75, 3.05) is 25.0 Å². The molecule has 2 aliphatic rings. The second-order valence-electron chi connectivity index (χ2n) is 8.16. The number of rotatable bonds is 4. The van der Waals surface area contributed by atoms with Gasteiger partial charge in [-0.15, -0.1) is 0 Å². The maximum atomic E-state index is 15.6. The summed E-state index contributed by atoms with van der Waals surface area (Å²) in [5, 5.41) is 22.1. The van der Waals surface area contributed by atoms with Gasteiger partial charge < -0.3 is 20.1 Å². The number of likely N-dealkylation sites (tertiary alicyclic amines) is 1. The van der Waals surface area contributed by atoms with E-state index in [-0.39, 0.29) is 43.2 Å². The lowest BCUT2D eigenvalue weighted by atomic mass is 9.79. The monoisotopic (exact) mass is 467 g/mol. The van der Waals surface area contributed by atoms with Crippen LogP contribution in [0.1, 0.15) is 19.8 Å². The third kappa shape index (κ3) is 4.22. The number of aromatic amines is 1. The topological polar surface area (TPSA) is 114 Å². The molecule has 11 heteroatoms. The van der Waals surface area contributed by atoms with Crippen LogP contribution >= 0.6 is 11.6 Å². The minimum Gasteiger partial charge on any atom is -0.393 e. The molecule has 3 heterocycles. The number of alkyl halides is 2. The number of carbonyl (C=O) groups is 1. The number of aliphatic hydroxyl groups is 2. The van der Waals surface area contributed by atoms with Crippen LogP contribution in [-0.4, -0.2) is 74.5 Å². The number of hydrogen-bond acceptors (Lipinski definition) is 5. The average Bonchev–Trinajstić information content (AvgIpc) is 3.16. The van der Waals surface area contributed by atoms with E-state index in [0.29, 0.717) is 16.1 Å². The number of carbonyl (C=O) groups excluding carboxylic acids is 1. The van der Waals surface area contributed by atoms with Gasteiger partial charge in [0.1, 0.15) is 12.3 Å². The highest BCUT2D eigenvalue weighted by Gasteiger charge is 2.47. The van der Waals surface area contributed by atoms with E-state index in [2.05, 4.69) is 20.3 Å². The van der Waals surface area contributed by atoms with Gasteiger partial charge in [-0.2, -0.15) is 0 Å². The van der Waals surface area contributed by atoms with Gasteiger partial charge in [-0.1, -0.05) is 18.5 Å². The summed E-state index contributed by atoms with van der Waals surface area (Å²) < 4.78 is 30.6. The van der Waals surface area contributed by atoms with Gasteiger partial charge in [0, 0.05) is 43.1 Å². The number of anilines is 1. The second kappa shape index (κ2) is 8.76. The van der Waals surface area contributed by atoms with Crippen molar-refractivity contribution in [2.24, 2.45) is 10.9 Å². The molecule has 2 unspecified atom stereocenters. The second-order valence-corrected chi connectivity index (χ2v) is 8.60. The number of halogens is 3. The normalized spacial score (nSPS) is 24.1.